The minimum atomic E-state index is -4.35. The van der Waals surface area contributed by atoms with Gasteiger partial charge in [-0.05, 0) is 77.0 Å². The van der Waals surface area contributed by atoms with Gasteiger partial charge in [-0.1, -0.05) is 48.5 Å². The number of hydrogen-bond donors (Lipinski definition) is 4. The number of carbonyl (C=O) groups excluding carboxylic acids is 1. The predicted molar refractivity (Wildman–Crippen MR) is 169 cm³/mol. The fourth-order valence-corrected chi connectivity index (χ4v) is 6.85. The van der Waals surface area contributed by atoms with E-state index in [0.717, 1.165) is 39.7 Å². The topological polar surface area (TPSA) is 142 Å². The number of carbonyl (C=O) groups is 2. The molecule has 4 N–H and O–H groups in total. The smallest absolute Gasteiger partial charge is 0.347 e. The third-order valence-corrected chi connectivity index (χ3v) is 9.30. The van der Waals surface area contributed by atoms with Crippen molar-refractivity contribution in [1.82, 2.24) is 5.32 Å². The van der Waals surface area contributed by atoms with Crippen molar-refractivity contribution in [1.29, 1.82) is 0 Å². The standard InChI is InChI=1S/C33H27FN2O7S2/c1-20-17-21(18-35-32(38)24-8-6-22(7-9-24)23-10-12-26(37)13-11-23)5-14-28(20)43-19-25-3-2-4-27(30(25)34)36-45(41,42)29-15-16-44-31(29)33(39)40/h2-17,36-37H,18-19H2,1H3,(H,35,38)(H,39,40). The second kappa shape index (κ2) is 13.2. The number of sulfonamides is 1. The molecule has 0 saturated heterocycles. The number of halogens is 1. The minimum absolute atomic E-state index is 0.0890. The first kappa shape index (κ1) is 31.2. The Hall–Kier alpha value is -5.20. The first-order valence-electron chi connectivity index (χ1n) is 13.5. The highest BCUT2D eigenvalue weighted by atomic mass is 32.2. The number of aryl methyl sites for hydroxylation is 1. The largest absolute Gasteiger partial charge is 0.508 e. The molecule has 0 bridgehead atoms. The number of phenols is 1. The molecule has 230 valence electrons. The molecule has 0 saturated carbocycles. The van der Waals surface area contributed by atoms with Crippen LogP contribution in [0.25, 0.3) is 11.1 Å². The molecule has 0 radical (unpaired) electrons. The number of rotatable bonds is 11. The van der Waals surface area contributed by atoms with Crippen molar-refractivity contribution in [2.45, 2.75) is 25.0 Å². The zero-order valence-corrected chi connectivity index (χ0v) is 25.4. The average Bonchev–Trinajstić information content (AvgIpc) is 3.53. The van der Waals surface area contributed by atoms with E-state index in [4.69, 9.17) is 4.74 Å². The average molecular weight is 647 g/mol. The van der Waals surface area contributed by atoms with Gasteiger partial charge < -0.3 is 20.3 Å². The van der Waals surface area contributed by atoms with Crippen LogP contribution in [0.1, 0.15) is 36.7 Å². The number of benzene rings is 4. The number of aromatic carboxylic acids is 1. The number of amides is 1. The number of ether oxygens (including phenoxy) is 1. The van der Waals surface area contributed by atoms with Crippen molar-refractivity contribution in [2.75, 3.05) is 4.72 Å². The summed E-state index contributed by atoms with van der Waals surface area (Å²) in [4.78, 5) is 23.2. The zero-order valence-electron chi connectivity index (χ0n) is 23.8. The highest BCUT2D eigenvalue weighted by Crippen LogP contribution is 2.28. The summed E-state index contributed by atoms with van der Waals surface area (Å²) in [7, 11) is -4.35. The molecular formula is C33H27FN2O7S2. The fourth-order valence-electron chi connectivity index (χ4n) is 4.53. The Morgan fingerprint density at radius 2 is 1.62 bits per heavy atom. The third kappa shape index (κ3) is 7.31. The monoisotopic (exact) mass is 646 g/mol. The highest BCUT2D eigenvalue weighted by Gasteiger charge is 2.25. The summed E-state index contributed by atoms with van der Waals surface area (Å²) in [6.45, 7) is 1.88. The molecule has 0 spiro atoms. The van der Waals surface area contributed by atoms with Gasteiger partial charge in [-0.2, -0.15) is 0 Å². The minimum Gasteiger partial charge on any atom is -0.508 e. The van der Waals surface area contributed by atoms with E-state index in [1.54, 1.807) is 48.5 Å². The van der Waals surface area contributed by atoms with Crippen LogP contribution in [0, 0.1) is 12.7 Å². The normalized spacial score (nSPS) is 11.2. The van der Waals surface area contributed by atoms with Crippen molar-refractivity contribution in [3.05, 3.63) is 129 Å². The van der Waals surface area contributed by atoms with Gasteiger partial charge in [0.15, 0.2) is 5.82 Å². The highest BCUT2D eigenvalue weighted by molar-refractivity contribution is 7.93. The molecule has 0 unspecified atom stereocenters. The van der Waals surface area contributed by atoms with Crippen LogP contribution in [0.3, 0.4) is 0 Å². The number of phenolic OH excluding ortho intramolecular Hbond substituents is 1. The molecule has 0 aliphatic rings. The number of anilines is 1. The van der Waals surface area contributed by atoms with E-state index in [1.807, 2.05) is 25.1 Å². The number of carboxylic acids is 1. The summed E-state index contributed by atoms with van der Waals surface area (Å²) in [5.41, 5.74) is 3.66. The Bertz CT molecular complexity index is 1970. The van der Waals surface area contributed by atoms with Gasteiger partial charge in [-0.15, -0.1) is 11.3 Å². The van der Waals surface area contributed by atoms with Crippen LogP contribution < -0.4 is 14.8 Å². The van der Waals surface area contributed by atoms with E-state index >= 15 is 4.39 Å². The quantitative estimate of drug-likeness (QED) is 0.127. The van der Waals surface area contributed by atoms with Crippen molar-refractivity contribution in [3.63, 3.8) is 0 Å². The summed E-state index contributed by atoms with van der Waals surface area (Å²) in [5, 5.41) is 22.9. The molecule has 1 heterocycles. The number of nitrogens with one attached hydrogen (secondary N) is 2. The van der Waals surface area contributed by atoms with Crippen LogP contribution in [-0.4, -0.2) is 30.5 Å². The van der Waals surface area contributed by atoms with Crippen LogP contribution in [0.2, 0.25) is 0 Å². The van der Waals surface area contributed by atoms with Gasteiger partial charge in [0.1, 0.15) is 27.9 Å². The lowest BCUT2D eigenvalue weighted by Gasteiger charge is -2.14. The maximum absolute atomic E-state index is 15.2. The molecule has 9 nitrogen and oxygen atoms in total. The van der Waals surface area contributed by atoms with Crippen LogP contribution in [0.4, 0.5) is 10.1 Å². The van der Waals surface area contributed by atoms with Crippen LogP contribution in [0.5, 0.6) is 11.5 Å². The molecule has 1 amide bonds. The Morgan fingerprint density at radius 3 is 2.29 bits per heavy atom. The third-order valence-electron chi connectivity index (χ3n) is 6.86. The molecule has 1 aromatic heterocycles. The van der Waals surface area contributed by atoms with Crippen LogP contribution in [0.15, 0.2) is 101 Å². The summed E-state index contributed by atoms with van der Waals surface area (Å²) < 4.78 is 48.7. The molecule has 4 aromatic carbocycles. The van der Waals surface area contributed by atoms with E-state index in [9.17, 15) is 28.2 Å². The number of carboxylic acid groups (broad SMARTS) is 1. The lowest BCUT2D eigenvalue weighted by molar-refractivity contribution is 0.0698. The Kier molecular flexibility index (Phi) is 9.16. The number of hydrogen-bond acceptors (Lipinski definition) is 7. The van der Waals surface area contributed by atoms with Crippen molar-refractivity contribution >= 4 is 38.9 Å². The predicted octanol–water partition coefficient (Wildman–Crippen LogP) is 6.58. The second-order valence-corrected chi connectivity index (χ2v) is 12.6. The molecule has 5 rings (SSSR count). The molecule has 0 aliphatic heterocycles. The SMILES string of the molecule is Cc1cc(CNC(=O)c2ccc(-c3ccc(O)cc3)cc2)ccc1OCc1cccc(NS(=O)(=O)c2ccsc2C(=O)O)c1F. The molecule has 0 atom stereocenters. The Balaban J connectivity index is 1.18. The van der Waals surface area contributed by atoms with Gasteiger partial charge in [0.05, 0.1) is 5.69 Å². The van der Waals surface area contributed by atoms with E-state index in [-0.39, 0.29) is 40.9 Å². The van der Waals surface area contributed by atoms with Gasteiger partial charge in [-0.25, -0.2) is 17.6 Å². The van der Waals surface area contributed by atoms with Crippen molar-refractivity contribution < 1.29 is 37.3 Å². The summed E-state index contributed by atoms with van der Waals surface area (Å²) in [6, 6.07) is 24.6. The van der Waals surface area contributed by atoms with Crippen molar-refractivity contribution in [2.24, 2.45) is 0 Å². The van der Waals surface area contributed by atoms with E-state index in [2.05, 4.69) is 10.0 Å². The first-order valence-corrected chi connectivity index (χ1v) is 15.9. The summed E-state index contributed by atoms with van der Waals surface area (Å²) in [5.74, 6) is -1.82. The molecule has 45 heavy (non-hydrogen) atoms. The number of aromatic hydroxyl groups is 1. The number of thiophene rings is 1. The first-order chi connectivity index (χ1) is 21.5. The molecule has 0 fully saturated rings. The molecule has 5 aromatic rings. The van der Waals surface area contributed by atoms with Crippen molar-refractivity contribution in [3.8, 4) is 22.6 Å². The Labute approximate surface area is 262 Å². The zero-order chi connectivity index (χ0) is 32.1. The van der Waals surface area contributed by atoms with Gasteiger partial charge in [-0.3, -0.25) is 9.52 Å². The van der Waals surface area contributed by atoms with Crippen LogP contribution >= 0.6 is 11.3 Å². The summed E-state index contributed by atoms with van der Waals surface area (Å²) >= 11 is 0.755. The van der Waals surface area contributed by atoms with Gasteiger partial charge in [0, 0.05) is 17.7 Å². The maximum Gasteiger partial charge on any atom is 0.347 e. The summed E-state index contributed by atoms with van der Waals surface area (Å²) in [6.07, 6.45) is 0. The Morgan fingerprint density at radius 1 is 0.933 bits per heavy atom. The lowest BCUT2D eigenvalue weighted by Crippen LogP contribution is -2.22. The van der Waals surface area contributed by atoms with Gasteiger partial charge in [0.25, 0.3) is 15.9 Å². The maximum atomic E-state index is 15.2. The molecular weight excluding hydrogens is 620 g/mol. The molecule has 12 heteroatoms. The van der Waals surface area contributed by atoms with E-state index in [1.165, 1.54) is 23.6 Å². The lowest BCUT2D eigenvalue weighted by atomic mass is 10.0. The van der Waals surface area contributed by atoms with Gasteiger partial charge in [0.2, 0.25) is 0 Å². The second-order valence-electron chi connectivity index (χ2n) is 10.00. The fraction of sp³-hybridized carbons (Fsp3) is 0.0909. The van der Waals surface area contributed by atoms with Gasteiger partial charge >= 0.3 is 5.97 Å². The van der Waals surface area contributed by atoms with Crippen LogP contribution in [-0.2, 0) is 23.2 Å². The van der Waals surface area contributed by atoms with E-state index in [0.29, 0.717) is 11.3 Å². The van der Waals surface area contributed by atoms with E-state index < -0.39 is 26.7 Å². The molecule has 0 aliphatic carbocycles.